The molecule has 2 nitrogen and oxygen atoms in total. The van der Waals surface area contributed by atoms with Crippen LogP contribution in [0.1, 0.15) is 51.5 Å². The second-order valence-electron chi connectivity index (χ2n) is 9.18. The maximum absolute atomic E-state index is 11.9. The summed E-state index contributed by atoms with van der Waals surface area (Å²) in [4.78, 5) is 16.3. The highest BCUT2D eigenvalue weighted by Crippen LogP contribution is 2.65. The van der Waals surface area contributed by atoms with Gasteiger partial charge in [-0.05, 0) is 83.1 Å². The van der Waals surface area contributed by atoms with Gasteiger partial charge in [0.2, 0.25) is 0 Å². The van der Waals surface area contributed by atoms with Crippen LogP contribution in [0, 0.1) is 28.6 Å². The van der Waals surface area contributed by atoms with E-state index in [1.807, 2.05) is 18.5 Å². The number of pyridine rings is 1. The van der Waals surface area contributed by atoms with Crippen molar-refractivity contribution in [3.05, 3.63) is 60.0 Å². The molecule has 0 amide bonds. The van der Waals surface area contributed by atoms with Gasteiger partial charge >= 0.3 is 0 Å². The normalized spacial score (nSPS) is 41.0. The van der Waals surface area contributed by atoms with E-state index >= 15 is 0 Å². The fourth-order valence-corrected chi connectivity index (χ4v) is 6.54. The quantitative estimate of drug-likeness (QED) is 0.684. The summed E-state index contributed by atoms with van der Waals surface area (Å²) in [5, 5.41) is 0. The SMILES string of the molecule is C[C@]12CCC(=O)C=C1C=CC1C2CC[C@]2(C)C(c3cccnc3)=CCC12. The Morgan fingerprint density at radius 1 is 1.15 bits per heavy atom. The summed E-state index contributed by atoms with van der Waals surface area (Å²) in [5.41, 5.74) is 4.53. The van der Waals surface area contributed by atoms with Gasteiger partial charge in [-0.3, -0.25) is 9.78 Å². The van der Waals surface area contributed by atoms with E-state index in [2.05, 4.69) is 49.2 Å². The van der Waals surface area contributed by atoms with Gasteiger partial charge in [0.1, 0.15) is 0 Å². The molecular weight excluding hydrogens is 318 g/mol. The lowest BCUT2D eigenvalue weighted by Crippen LogP contribution is -2.48. The average Bonchev–Trinajstić information content (AvgIpc) is 3.00. The largest absolute Gasteiger partial charge is 0.295 e. The van der Waals surface area contributed by atoms with Gasteiger partial charge in [-0.15, -0.1) is 0 Å². The van der Waals surface area contributed by atoms with E-state index in [0.717, 1.165) is 12.8 Å². The fraction of sp³-hybridized carbons (Fsp3) is 0.500. The second kappa shape index (κ2) is 5.52. The minimum atomic E-state index is 0.186. The Morgan fingerprint density at radius 2 is 2.04 bits per heavy atom. The van der Waals surface area contributed by atoms with Crippen molar-refractivity contribution in [3.8, 4) is 0 Å². The van der Waals surface area contributed by atoms with Crippen LogP contribution in [0.15, 0.2) is 54.4 Å². The minimum absolute atomic E-state index is 0.186. The molecule has 0 aromatic carbocycles. The van der Waals surface area contributed by atoms with Gasteiger partial charge in [0.25, 0.3) is 0 Å². The first-order valence-corrected chi connectivity index (χ1v) is 10.1. The van der Waals surface area contributed by atoms with Gasteiger partial charge in [-0.1, -0.05) is 38.1 Å². The van der Waals surface area contributed by atoms with E-state index in [0.29, 0.717) is 23.5 Å². The first-order chi connectivity index (χ1) is 12.5. The first-order valence-electron chi connectivity index (χ1n) is 10.1. The van der Waals surface area contributed by atoms with E-state index in [1.165, 1.54) is 36.0 Å². The van der Waals surface area contributed by atoms with Crippen molar-refractivity contribution in [1.29, 1.82) is 0 Å². The van der Waals surface area contributed by atoms with Crippen molar-refractivity contribution in [2.75, 3.05) is 0 Å². The topological polar surface area (TPSA) is 30.0 Å². The molecule has 1 fully saturated rings. The maximum atomic E-state index is 11.9. The third-order valence-corrected chi connectivity index (χ3v) is 8.07. The van der Waals surface area contributed by atoms with Crippen LogP contribution in [-0.2, 0) is 4.79 Å². The Kier molecular flexibility index (Phi) is 3.44. The molecule has 2 heteroatoms. The number of allylic oxidation sites excluding steroid dienone is 6. The van der Waals surface area contributed by atoms with Gasteiger partial charge in [0.05, 0.1) is 0 Å². The number of fused-ring (bicyclic) bond motifs is 5. The molecule has 1 aromatic rings. The molecule has 1 heterocycles. The van der Waals surface area contributed by atoms with Crippen molar-refractivity contribution < 1.29 is 4.79 Å². The van der Waals surface area contributed by atoms with Crippen molar-refractivity contribution in [2.45, 2.75) is 46.0 Å². The van der Waals surface area contributed by atoms with Crippen LogP contribution >= 0.6 is 0 Å². The summed E-state index contributed by atoms with van der Waals surface area (Å²) >= 11 is 0. The fourth-order valence-electron chi connectivity index (χ4n) is 6.54. The smallest absolute Gasteiger partial charge is 0.156 e. The third kappa shape index (κ3) is 2.11. The molecule has 3 unspecified atom stereocenters. The molecule has 0 spiro atoms. The summed E-state index contributed by atoms with van der Waals surface area (Å²) in [6, 6.07) is 4.26. The van der Waals surface area contributed by atoms with Gasteiger partial charge < -0.3 is 0 Å². The van der Waals surface area contributed by atoms with Crippen molar-refractivity contribution >= 4 is 11.4 Å². The van der Waals surface area contributed by atoms with Crippen LogP contribution in [-0.4, -0.2) is 10.8 Å². The minimum Gasteiger partial charge on any atom is -0.295 e. The molecule has 4 aliphatic carbocycles. The van der Waals surface area contributed by atoms with Crippen molar-refractivity contribution in [2.24, 2.45) is 28.6 Å². The summed E-state index contributed by atoms with van der Waals surface area (Å²) in [6.45, 7) is 4.89. The Labute approximate surface area is 156 Å². The van der Waals surface area contributed by atoms with E-state index < -0.39 is 0 Å². The molecule has 0 N–H and O–H groups in total. The standard InChI is InChI=1S/C24H27NO/c1-23-11-9-18(26)14-17(23)5-6-19-21-8-7-20(16-4-3-13-25-15-16)24(21,2)12-10-22(19)23/h3-7,13-15,19,21-22H,8-12H2,1-2H3/t19?,21?,22?,23-,24+/m0/s1. The number of ketones is 1. The number of rotatable bonds is 1. The summed E-state index contributed by atoms with van der Waals surface area (Å²) in [5.74, 6) is 2.27. The third-order valence-electron chi connectivity index (χ3n) is 8.07. The molecule has 134 valence electrons. The Hall–Kier alpha value is -1.96. The van der Waals surface area contributed by atoms with E-state index in [-0.39, 0.29) is 10.8 Å². The molecule has 0 saturated heterocycles. The van der Waals surface area contributed by atoms with Crippen LogP contribution in [0.2, 0.25) is 0 Å². The van der Waals surface area contributed by atoms with Gasteiger partial charge in [-0.2, -0.15) is 0 Å². The molecular formula is C24H27NO. The zero-order valence-electron chi connectivity index (χ0n) is 15.7. The molecule has 0 radical (unpaired) electrons. The summed E-state index contributed by atoms with van der Waals surface area (Å²) in [6.07, 6.45) is 18.4. The monoisotopic (exact) mass is 345 g/mol. The number of hydrogen-bond donors (Lipinski definition) is 0. The highest BCUT2D eigenvalue weighted by molar-refractivity contribution is 5.92. The average molecular weight is 345 g/mol. The highest BCUT2D eigenvalue weighted by Gasteiger charge is 2.55. The number of carbonyl (C=O) groups is 1. The van der Waals surface area contributed by atoms with Crippen LogP contribution < -0.4 is 0 Å². The molecule has 1 saturated carbocycles. The zero-order chi connectivity index (χ0) is 17.9. The molecule has 0 bridgehead atoms. The number of aromatic nitrogens is 1. The Balaban J connectivity index is 1.52. The second-order valence-corrected chi connectivity index (χ2v) is 9.18. The van der Waals surface area contributed by atoms with Crippen LogP contribution in [0.25, 0.3) is 5.57 Å². The number of nitrogens with zero attached hydrogens (tertiary/aromatic N) is 1. The van der Waals surface area contributed by atoms with Crippen molar-refractivity contribution in [1.82, 2.24) is 4.98 Å². The zero-order valence-corrected chi connectivity index (χ0v) is 15.7. The van der Waals surface area contributed by atoms with Crippen LogP contribution in [0.4, 0.5) is 0 Å². The van der Waals surface area contributed by atoms with Gasteiger partial charge in [-0.25, -0.2) is 0 Å². The predicted octanol–water partition coefficient (Wildman–Crippen LogP) is 5.38. The van der Waals surface area contributed by atoms with E-state index in [4.69, 9.17) is 0 Å². The van der Waals surface area contributed by atoms with Gasteiger partial charge in [0.15, 0.2) is 5.78 Å². The molecule has 4 aliphatic rings. The number of carbonyl (C=O) groups excluding carboxylic acids is 1. The van der Waals surface area contributed by atoms with Crippen LogP contribution in [0.3, 0.4) is 0 Å². The Bertz CT molecular complexity index is 848. The van der Waals surface area contributed by atoms with E-state index in [1.54, 1.807) is 0 Å². The molecule has 5 atom stereocenters. The Morgan fingerprint density at radius 3 is 2.85 bits per heavy atom. The highest BCUT2D eigenvalue weighted by atomic mass is 16.1. The lowest BCUT2D eigenvalue weighted by Gasteiger charge is -2.55. The summed E-state index contributed by atoms with van der Waals surface area (Å²) in [7, 11) is 0. The number of hydrogen-bond acceptors (Lipinski definition) is 2. The maximum Gasteiger partial charge on any atom is 0.156 e. The van der Waals surface area contributed by atoms with E-state index in [9.17, 15) is 4.79 Å². The lowest BCUT2D eigenvalue weighted by molar-refractivity contribution is -0.116. The van der Waals surface area contributed by atoms with Gasteiger partial charge in [0, 0.05) is 18.8 Å². The molecule has 5 rings (SSSR count). The molecule has 1 aromatic heterocycles. The lowest BCUT2D eigenvalue weighted by atomic mass is 9.48. The molecule has 0 aliphatic heterocycles. The first kappa shape index (κ1) is 16.2. The van der Waals surface area contributed by atoms with Crippen molar-refractivity contribution in [3.63, 3.8) is 0 Å². The predicted molar refractivity (Wildman–Crippen MR) is 104 cm³/mol. The summed E-state index contributed by atoms with van der Waals surface area (Å²) < 4.78 is 0. The van der Waals surface area contributed by atoms with Crippen LogP contribution in [0.5, 0.6) is 0 Å². The molecule has 26 heavy (non-hydrogen) atoms.